The zero-order valence-electron chi connectivity index (χ0n) is 13.4. The molecule has 1 fully saturated rings. The zero-order valence-corrected chi connectivity index (χ0v) is 13.4. The fraction of sp³-hybridized carbons (Fsp3) is 0.471. The lowest BCUT2D eigenvalue weighted by molar-refractivity contribution is -0.127. The van der Waals surface area contributed by atoms with Crippen LogP contribution in [0.25, 0.3) is 0 Å². The number of benzene rings is 1. The second-order valence-electron chi connectivity index (χ2n) is 5.69. The molecular weight excluding hydrogens is 294 g/mol. The Bertz CT molecular complexity index is 586. The molecule has 0 saturated carbocycles. The van der Waals surface area contributed by atoms with Gasteiger partial charge in [-0.05, 0) is 31.4 Å². The number of amides is 3. The largest absolute Gasteiger partial charge is 0.355 e. The van der Waals surface area contributed by atoms with Gasteiger partial charge in [0, 0.05) is 31.6 Å². The van der Waals surface area contributed by atoms with Gasteiger partial charge >= 0.3 is 0 Å². The highest BCUT2D eigenvalue weighted by molar-refractivity contribution is 5.97. The molecule has 23 heavy (non-hydrogen) atoms. The summed E-state index contributed by atoms with van der Waals surface area (Å²) < 4.78 is 0. The molecule has 0 unspecified atom stereocenters. The lowest BCUT2D eigenvalue weighted by Gasteiger charge is -2.15. The Morgan fingerprint density at radius 2 is 2.00 bits per heavy atom. The molecule has 0 aliphatic carbocycles. The average molecular weight is 317 g/mol. The van der Waals surface area contributed by atoms with E-state index in [9.17, 15) is 14.4 Å². The number of likely N-dealkylation sites (tertiary alicyclic amines) is 1. The van der Waals surface area contributed by atoms with Crippen LogP contribution in [0.4, 0.5) is 0 Å². The summed E-state index contributed by atoms with van der Waals surface area (Å²) in [6, 6.07) is 7.25. The SMILES string of the molecule is Cc1ccccc1C(=O)NCC(=O)NCCCN1CCCC1=O. The molecule has 2 N–H and O–H groups in total. The van der Waals surface area contributed by atoms with Crippen LogP contribution in [0, 0.1) is 6.92 Å². The van der Waals surface area contributed by atoms with E-state index < -0.39 is 0 Å². The van der Waals surface area contributed by atoms with Crippen LogP contribution in [0.3, 0.4) is 0 Å². The van der Waals surface area contributed by atoms with Crippen LogP contribution in [0.1, 0.15) is 35.2 Å². The molecule has 1 heterocycles. The maximum atomic E-state index is 12.0. The number of carbonyl (C=O) groups is 3. The summed E-state index contributed by atoms with van der Waals surface area (Å²) in [5, 5.41) is 5.36. The molecule has 1 aromatic carbocycles. The van der Waals surface area contributed by atoms with Crippen molar-refractivity contribution in [3.63, 3.8) is 0 Å². The highest BCUT2D eigenvalue weighted by atomic mass is 16.2. The van der Waals surface area contributed by atoms with Gasteiger partial charge in [0.15, 0.2) is 0 Å². The Balaban J connectivity index is 1.62. The van der Waals surface area contributed by atoms with E-state index >= 15 is 0 Å². The van der Waals surface area contributed by atoms with E-state index in [1.54, 1.807) is 12.1 Å². The van der Waals surface area contributed by atoms with Crippen molar-refractivity contribution in [3.05, 3.63) is 35.4 Å². The van der Waals surface area contributed by atoms with Gasteiger partial charge in [-0.3, -0.25) is 14.4 Å². The first kappa shape index (κ1) is 17.0. The molecule has 0 bridgehead atoms. The summed E-state index contributed by atoms with van der Waals surface area (Å²) in [5.41, 5.74) is 1.45. The van der Waals surface area contributed by atoms with Crippen molar-refractivity contribution in [3.8, 4) is 0 Å². The minimum Gasteiger partial charge on any atom is -0.355 e. The zero-order chi connectivity index (χ0) is 16.7. The fourth-order valence-electron chi connectivity index (χ4n) is 2.58. The molecule has 6 nitrogen and oxygen atoms in total. The topological polar surface area (TPSA) is 78.5 Å². The van der Waals surface area contributed by atoms with Gasteiger partial charge in [-0.1, -0.05) is 18.2 Å². The van der Waals surface area contributed by atoms with Crippen LogP contribution >= 0.6 is 0 Å². The molecule has 1 aromatic rings. The molecule has 0 radical (unpaired) electrons. The Labute approximate surface area is 136 Å². The van der Waals surface area contributed by atoms with Crippen molar-refractivity contribution in [1.29, 1.82) is 0 Å². The summed E-state index contributed by atoms with van der Waals surface area (Å²) in [7, 11) is 0. The van der Waals surface area contributed by atoms with Crippen molar-refractivity contribution >= 4 is 17.7 Å². The van der Waals surface area contributed by atoms with Crippen LogP contribution < -0.4 is 10.6 Å². The van der Waals surface area contributed by atoms with Gasteiger partial charge in [-0.15, -0.1) is 0 Å². The highest BCUT2D eigenvalue weighted by Crippen LogP contribution is 2.09. The first-order chi connectivity index (χ1) is 11.1. The summed E-state index contributed by atoms with van der Waals surface area (Å²) in [5.74, 6) is -0.276. The summed E-state index contributed by atoms with van der Waals surface area (Å²) in [4.78, 5) is 37.0. The Morgan fingerprint density at radius 3 is 2.70 bits per heavy atom. The normalized spacial score (nSPS) is 14.0. The predicted octanol–water partition coefficient (Wildman–Crippen LogP) is 0.854. The van der Waals surface area contributed by atoms with Crippen LogP contribution in [-0.2, 0) is 9.59 Å². The lowest BCUT2D eigenvalue weighted by Crippen LogP contribution is -2.38. The second-order valence-corrected chi connectivity index (χ2v) is 5.69. The van der Waals surface area contributed by atoms with Crippen molar-refractivity contribution in [2.45, 2.75) is 26.2 Å². The summed E-state index contributed by atoms with van der Waals surface area (Å²) in [6.45, 7) is 3.81. The summed E-state index contributed by atoms with van der Waals surface area (Å²) in [6.07, 6.45) is 2.29. The van der Waals surface area contributed by atoms with Crippen molar-refractivity contribution in [2.75, 3.05) is 26.2 Å². The van der Waals surface area contributed by atoms with Gasteiger partial charge in [0.25, 0.3) is 5.91 Å². The van der Waals surface area contributed by atoms with Crippen LogP contribution in [0.2, 0.25) is 0 Å². The highest BCUT2D eigenvalue weighted by Gasteiger charge is 2.19. The molecule has 2 rings (SSSR count). The maximum absolute atomic E-state index is 12.0. The number of nitrogens with zero attached hydrogens (tertiary/aromatic N) is 1. The van der Waals surface area contributed by atoms with Gasteiger partial charge < -0.3 is 15.5 Å². The van der Waals surface area contributed by atoms with Crippen molar-refractivity contribution in [2.24, 2.45) is 0 Å². The molecule has 0 aromatic heterocycles. The van der Waals surface area contributed by atoms with E-state index in [0.29, 0.717) is 25.1 Å². The minimum atomic E-state index is -0.249. The van der Waals surface area contributed by atoms with E-state index in [1.165, 1.54) is 0 Å². The number of hydrogen-bond acceptors (Lipinski definition) is 3. The fourth-order valence-corrected chi connectivity index (χ4v) is 2.58. The molecule has 1 aliphatic rings. The van der Waals surface area contributed by atoms with Crippen LogP contribution in [0.5, 0.6) is 0 Å². The first-order valence-electron chi connectivity index (χ1n) is 7.96. The van der Waals surface area contributed by atoms with Gasteiger partial charge in [-0.25, -0.2) is 0 Å². The minimum absolute atomic E-state index is 0.0458. The number of hydrogen-bond donors (Lipinski definition) is 2. The molecule has 3 amide bonds. The molecular formula is C17H23N3O3. The quantitative estimate of drug-likeness (QED) is 0.732. The number of aryl methyl sites for hydroxylation is 1. The third-order valence-corrected chi connectivity index (χ3v) is 3.90. The molecule has 1 saturated heterocycles. The lowest BCUT2D eigenvalue weighted by atomic mass is 10.1. The van der Waals surface area contributed by atoms with E-state index in [0.717, 1.165) is 24.9 Å². The predicted molar refractivity (Wildman–Crippen MR) is 87.0 cm³/mol. The molecule has 0 spiro atoms. The Kier molecular flexibility index (Phi) is 6.14. The van der Waals surface area contributed by atoms with E-state index in [2.05, 4.69) is 10.6 Å². The van der Waals surface area contributed by atoms with Crippen molar-refractivity contribution < 1.29 is 14.4 Å². The van der Waals surface area contributed by atoms with E-state index in [1.807, 2.05) is 24.0 Å². The van der Waals surface area contributed by atoms with Crippen molar-refractivity contribution in [1.82, 2.24) is 15.5 Å². The molecule has 124 valence electrons. The standard InChI is InChI=1S/C17H23N3O3/c1-13-6-2-3-7-14(13)17(23)19-12-15(21)18-9-5-11-20-10-4-8-16(20)22/h2-3,6-7H,4-5,8-12H2,1H3,(H,18,21)(H,19,23). The molecule has 0 atom stereocenters. The number of nitrogens with one attached hydrogen (secondary N) is 2. The number of rotatable bonds is 7. The monoisotopic (exact) mass is 317 g/mol. The molecule has 1 aliphatic heterocycles. The maximum Gasteiger partial charge on any atom is 0.251 e. The Morgan fingerprint density at radius 1 is 1.22 bits per heavy atom. The van der Waals surface area contributed by atoms with Gasteiger partial charge in [-0.2, -0.15) is 0 Å². The molecule has 6 heteroatoms. The first-order valence-corrected chi connectivity index (χ1v) is 7.96. The van der Waals surface area contributed by atoms with E-state index in [-0.39, 0.29) is 24.3 Å². The average Bonchev–Trinajstić information content (AvgIpc) is 2.95. The van der Waals surface area contributed by atoms with Gasteiger partial charge in [0.2, 0.25) is 11.8 Å². The van der Waals surface area contributed by atoms with Crippen LogP contribution in [0.15, 0.2) is 24.3 Å². The van der Waals surface area contributed by atoms with Gasteiger partial charge in [0.05, 0.1) is 6.54 Å². The third kappa shape index (κ3) is 5.09. The summed E-state index contributed by atoms with van der Waals surface area (Å²) >= 11 is 0. The van der Waals surface area contributed by atoms with Crippen LogP contribution in [-0.4, -0.2) is 48.8 Å². The third-order valence-electron chi connectivity index (χ3n) is 3.90. The second kappa shape index (κ2) is 8.31. The van der Waals surface area contributed by atoms with Gasteiger partial charge in [0.1, 0.15) is 0 Å². The smallest absolute Gasteiger partial charge is 0.251 e. The van der Waals surface area contributed by atoms with E-state index in [4.69, 9.17) is 0 Å². The number of carbonyl (C=O) groups excluding carboxylic acids is 3. The Hall–Kier alpha value is -2.37.